The summed E-state index contributed by atoms with van der Waals surface area (Å²) in [6.07, 6.45) is 2.58. The average Bonchev–Trinajstić information content (AvgIpc) is 2.56. The number of aromatic nitrogens is 1. The molecule has 6 heteroatoms. The first kappa shape index (κ1) is 17.3. The summed E-state index contributed by atoms with van der Waals surface area (Å²) in [5.41, 5.74) is 6.20. The van der Waals surface area contributed by atoms with Crippen molar-refractivity contribution in [3.8, 4) is 0 Å². The molecule has 18 heavy (non-hydrogen) atoms. The van der Waals surface area contributed by atoms with Gasteiger partial charge in [-0.2, -0.15) is 0 Å². The van der Waals surface area contributed by atoms with Crippen molar-refractivity contribution >= 4 is 29.9 Å². The van der Waals surface area contributed by atoms with Crippen molar-refractivity contribution in [3.63, 3.8) is 0 Å². The number of hydrogen-bond donors (Lipinski definition) is 2. The zero-order valence-electron chi connectivity index (χ0n) is 10.9. The maximum absolute atomic E-state index is 12.0. The molecule has 4 nitrogen and oxygen atoms in total. The minimum absolute atomic E-state index is 0. The number of amides is 1. The quantitative estimate of drug-likeness (QED) is 0.874. The first-order valence-corrected chi connectivity index (χ1v) is 6.14. The first-order valence-electron chi connectivity index (χ1n) is 5.76. The van der Waals surface area contributed by atoms with Gasteiger partial charge in [-0.15, -0.1) is 12.4 Å². The maximum atomic E-state index is 12.0. The second-order valence-corrected chi connectivity index (χ2v) is 5.13. The Hall–Kier alpha value is -0.710. The summed E-state index contributed by atoms with van der Waals surface area (Å²) in [6.45, 7) is 4.66. The summed E-state index contributed by atoms with van der Waals surface area (Å²) in [6, 6.07) is 1.66. The van der Waals surface area contributed by atoms with Gasteiger partial charge in [-0.3, -0.25) is 4.79 Å². The van der Waals surface area contributed by atoms with Crippen LogP contribution in [0.5, 0.6) is 0 Å². The zero-order valence-corrected chi connectivity index (χ0v) is 12.5. The zero-order chi connectivity index (χ0) is 13.0. The fourth-order valence-corrected chi connectivity index (χ4v) is 2.04. The number of halogens is 2. The van der Waals surface area contributed by atoms with Crippen molar-refractivity contribution in [3.05, 3.63) is 23.0 Å². The largest absolute Gasteiger partial charge is 0.347 e. The normalized spacial score (nSPS) is 12.1. The van der Waals surface area contributed by atoms with Crippen LogP contribution in [0.2, 0.25) is 5.02 Å². The number of nitrogens with one attached hydrogen (secondary N) is 1. The number of hydrogen-bond acceptors (Lipinski definition) is 2. The van der Waals surface area contributed by atoms with Gasteiger partial charge in [0.15, 0.2) is 0 Å². The van der Waals surface area contributed by atoms with Gasteiger partial charge in [0.2, 0.25) is 0 Å². The Morgan fingerprint density at radius 3 is 2.56 bits per heavy atom. The molecule has 104 valence electrons. The molecule has 0 aliphatic carbocycles. The second-order valence-electron chi connectivity index (χ2n) is 4.69. The van der Waals surface area contributed by atoms with Crippen molar-refractivity contribution < 1.29 is 4.79 Å². The van der Waals surface area contributed by atoms with Gasteiger partial charge in [-0.05, 0) is 18.4 Å². The van der Waals surface area contributed by atoms with E-state index in [4.69, 9.17) is 17.3 Å². The van der Waals surface area contributed by atoms with Crippen LogP contribution in [-0.4, -0.2) is 23.1 Å². The summed E-state index contributed by atoms with van der Waals surface area (Å²) in [4.78, 5) is 12.0. The SMILES string of the molecule is CC(C)CC(CN)NC(=O)c1cc(Cl)cn1C.Cl. The summed E-state index contributed by atoms with van der Waals surface area (Å²) in [5, 5.41) is 3.49. The van der Waals surface area contributed by atoms with E-state index in [0.29, 0.717) is 23.2 Å². The monoisotopic (exact) mass is 293 g/mol. The Morgan fingerprint density at radius 2 is 2.17 bits per heavy atom. The van der Waals surface area contributed by atoms with Crippen LogP contribution in [0, 0.1) is 5.92 Å². The van der Waals surface area contributed by atoms with Crippen molar-refractivity contribution in [2.24, 2.45) is 18.7 Å². The van der Waals surface area contributed by atoms with Gasteiger partial charge in [0.25, 0.3) is 5.91 Å². The summed E-state index contributed by atoms with van der Waals surface area (Å²) in [5.74, 6) is 0.372. The third-order valence-corrected chi connectivity index (χ3v) is 2.79. The van der Waals surface area contributed by atoms with Gasteiger partial charge in [0.1, 0.15) is 5.69 Å². The molecule has 1 aromatic heterocycles. The van der Waals surface area contributed by atoms with Gasteiger partial charge in [-0.1, -0.05) is 25.4 Å². The van der Waals surface area contributed by atoms with Gasteiger partial charge >= 0.3 is 0 Å². The molecule has 1 unspecified atom stereocenters. The molecule has 1 heterocycles. The minimum Gasteiger partial charge on any atom is -0.347 e. The maximum Gasteiger partial charge on any atom is 0.268 e. The Labute approximate surface area is 119 Å². The van der Waals surface area contributed by atoms with Crippen molar-refractivity contribution in [2.45, 2.75) is 26.3 Å². The van der Waals surface area contributed by atoms with Crippen LogP contribution in [0.25, 0.3) is 0 Å². The molecule has 1 amide bonds. The van der Waals surface area contributed by atoms with E-state index < -0.39 is 0 Å². The van der Waals surface area contributed by atoms with E-state index >= 15 is 0 Å². The molecule has 3 N–H and O–H groups in total. The molecular formula is C12H21Cl2N3O. The number of carbonyl (C=O) groups excluding carboxylic acids is 1. The lowest BCUT2D eigenvalue weighted by molar-refractivity contribution is 0.0925. The molecule has 0 saturated carbocycles. The van der Waals surface area contributed by atoms with E-state index in [0.717, 1.165) is 6.42 Å². The number of nitrogens with zero attached hydrogens (tertiary/aromatic N) is 1. The molecule has 1 atom stereocenters. The van der Waals surface area contributed by atoms with Crippen molar-refractivity contribution in [1.82, 2.24) is 9.88 Å². The number of carbonyl (C=O) groups is 1. The van der Waals surface area contributed by atoms with Crippen LogP contribution >= 0.6 is 24.0 Å². The highest BCUT2D eigenvalue weighted by Crippen LogP contribution is 2.13. The fourth-order valence-electron chi connectivity index (χ4n) is 1.79. The number of aryl methyl sites for hydroxylation is 1. The van der Waals surface area contributed by atoms with E-state index in [-0.39, 0.29) is 24.4 Å². The van der Waals surface area contributed by atoms with Gasteiger partial charge < -0.3 is 15.6 Å². The molecule has 0 radical (unpaired) electrons. The van der Waals surface area contributed by atoms with Crippen LogP contribution in [0.3, 0.4) is 0 Å². The molecule has 0 bridgehead atoms. The summed E-state index contributed by atoms with van der Waals surface area (Å²) < 4.78 is 1.71. The van der Waals surface area contributed by atoms with E-state index in [1.165, 1.54) is 0 Å². The Kier molecular flexibility index (Phi) is 7.36. The Bertz CT molecular complexity index is 391. The smallest absolute Gasteiger partial charge is 0.268 e. The third kappa shape index (κ3) is 4.88. The van der Waals surface area contributed by atoms with Gasteiger partial charge in [-0.25, -0.2) is 0 Å². The highest BCUT2D eigenvalue weighted by atomic mass is 35.5. The van der Waals surface area contributed by atoms with E-state index in [2.05, 4.69) is 19.2 Å². The summed E-state index contributed by atoms with van der Waals surface area (Å²) in [7, 11) is 1.79. The lowest BCUT2D eigenvalue weighted by atomic mass is 10.0. The highest BCUT2D eigenvalue weighted by Gasteiger charge is 2.16. The molecule has 0 aromatic carbocycles. The van der Waals surface area contributed by atoms with Crippen LogP contribution in [0.1, 0.15) is 30.8 Å². The fraction of sp³-hybridized carbons (Fsp3) is 0.583. The highest BCUT2D eigenvalue weighted by molar-refractivity contribution is 6.31. The second kappa shape index (κ2) is 7.67. The minimum atomic E-state index is -0.129. The van der Waals surface area contributed by atoms with E-state index in [1.54, 1.807) is 23.9 Å². The topological polar surface area (TPSA) is 60.0 Å². The average molecular weight is 294 g/mol. The number of nitrogens with two attached hydrogens (primary N) is 1. The lowest BCUT2D eigenvalue weighted by Gasteiger charge is -2.18. The van der Waals surface area contributed by atoms with Gasteiger partial charge in [0, 0.05) is 25.8 Å². The van der Waals surface area contributed by atoms with E-state index in [1.807, 2.05) is 0 Å². The molecule has 1 rings (SSSR count). The molecule has 0 fully saturated rings. The van der Waals surface area contributed by atoms with Crippen LogP contribution < -0.4 is 11.1 Å². The van der Waals surface area contributed by atoms with Crippen LogP contribution in [0.15, 0.2) is 12.3 Å². The molecule has 0 saturated heterocycles. The number of rotatable bonds is 5. The predicted molar refractivity (Wildman–Crippen MR) is 77.4 cm³/mol. The van der Waals surface area contributed by atoms with Crippen molar-refractivity contribution in [2.75, 3.05) is 6.54 Å². The van der Waals surface area contributed by atoms with Crippen LogP contribution in [-0.2, 0) is 7.05 Å². The molecule has 0 aliphatic heterocycles. The molecular weight excluding hydrogens is 273 g/mol. The molecule has 1 aromatic rings. The van der Waals surface area contributed by atoms with Crippen LogP contribution in [0.4, 0.5) is 0 Å². The predicted octanol–water partition coefficient (Wildman–Crippen LogP) is 2.20. The Morgan fingerprint density at radius 1 is 1.56 bits per heavy atom. The standard InChI is InChI=1S/C12H20ClN3O.ClH/c1-8(2)4-10(6-14)15-12(17)11-5-9(13)7-16(11)3;/h5,7-8,10H,4,6,14H2,1-3H3,(H,15,17);1H. The summed E-state index contributed by atoms with van der Waals surface area (Å²) >= 11 is 5.84. The van der Waals surface area contributed by atoms with Gasteiger partial charge in [0.05, 0.1) is 5.02 Å². The first-order chi connectivity index (χ1) is 7.93. The third-order valence-electron chi connectivity index (χ3n) is 2.58. The van der Waals surface area contributed by atoms with Crippen molar-refractivity contribution in [1.29, 1.82) is 0 Å². The molecule has 0 spiro atoms. The molecule has 0 aliphatic rings. The lowest BCUT2D eigenvalue weighted by Crippen LogP contribution is -2.41. The Balaban J connectivity index is 0.00000289. The van der Waals surface area contributed by atoms with E-state index in [9.17, 15) is 4.79 Å².